The third kappa shape index (κ3) is 7.42. The molecule has 3 aromatic rings. The Balaban J connectivity index is 1.56. The molecule has 1 atom stereocenters. The lowest BCUT2D eigenvalue weighted by atomic mass is 10.0. The number of carbonyl (C=O) groups excluding carboxylic acids is 1. The number of rotatable bonds is 10. The Morgan fingerprint density at radius 2 is 1.86 bits per heavy atom. The number of aromatic nitrogens is 2. The Labute approximate surface area is 202 Å². The summed E-state index contributed by atoms with van der Waals surface area (Å²) in [5.74, 6) is -0.115. The highest BCUT2D eigenvalue weighted by Crippen LogP contribution is 2.31. The summed E-state index contributed by atoms with van der Waals surface area (Å²) in [6, 6.07) is 14.5. The SMILES string of the molecule is CC(C)[C@@H](CNCc1ccccc1C(F)(F)F)NC(=O)Cc1cncn1Cc1ccc(C#N)cc1. The van der Waals surface area contributed by atoms with Gasteiger partial charge >= 0.3 is 6.18 Å². The van der Waals surface area contributed by atoms with Crippen LogP contribution in [0.4, 0.5) is 13.2 Å². The summed E-state index contributed by atoms with van der Waals surface area (Å²) in [5.41, 5.74) is 1.80. The molecule has 0 spiro atoms. The second-order valence-electron chi connectivity index (χ2n) is 8.70. The molecule has 0 unspecified atom stereocenters. The number of hydrogen-bond donors (Lipinski definition) is 2. The highest BCUT2D eigenvalue weighted by molar-refractivity contribution is 5.78. The molecule has 184 valence electrons. The fourth-order valence-corrected chi connectivity index (χ4v) is 3.71. The van der Waals surface area contributed by atoms with E-state index >= 15 is 0 Å². The van der Waals surface area contributed by atoms with Gasteiger partial charge in [-0.1, -0.05) is 44.2 Å². The van der Waals surface area contributed by atoms with E-state index in [0.29, 0.717) is 18.7 Å². The lowest BCUT2D eigenvalue weighted by Crippen LogP contribution is -2.46. The van der Waals surface area contributed by atoms with E-state index < -0.39 is 11.7 Å². The van der Waals surface area contributed by atoms with Crippen molar-refractivity contribution >= 4 is 5.91 Å². The highest BCUT2D eigenvalue weighted by atomic mass is 19.4. The summed E-state index contributed by atoms with van der Waals surface area (Å²) in [7, 11) is 0. The van der Waals surface area contributed by atoms with Crippen molar-refractivity contribution in [2.75, 3.05) is 6.54 Å². The van der Waals surface area contributed by atoms with Crippen molar-refractivity contribution < 1.29 is 18.0 Å². The zero-order chi connectivity index (χ0) is 25.4. The molecule has 0 radical (unpaired) electrons. The Bertz CT molecular complexity index is 1160. The van der Waals surface area contributed by atoms with Crippen LogP contribution in [0.25, 0.3) is 0 Å². The van der Waals surface area contributed by atoms with Gasteiger partial charge in [0.1, 0.15) is 0 Å². The topological polar surface area (TPSA) is 82.7 Å². The minimum absolute atomic E-state index is 0.0478. The average Bonchev–Trinajstić information content (AvgIpc) is 3.24. The Hall–Kier alpha value is -3.64. The van der Waals surface area contributed by atoms with Crippen LogP contribution in [0.5, 0.6) is 0 Å². The van der Waals surface area contributed by atoms with Gasteiger partial charge in [-0.3, -0.25) is 4.79 Å². The summed E-state index contributed by atoms with van der Waals surface area (Å²) in [5, 5.41) is 15.0. The number of nitriles is 1. The number of hydrogen-bond acceptors (Lipinski definition) is 4. The first-order chi connectivity index (χ1) is 16.7. The van der Waals surface area contributed by atoms with Crippen LogP contribution in [0, 0.1) is 17.2 Å². The summed E-state index contributed by atoms with van der Waals surface area (Å²) < 4.78 is 41.5. The van der Waals surface area contributed by atoms with Crippen molar-refractivity contribution in [1.82, 2.24) is 20.2 Å². The van der Waals surface area contributed by atoms with Gasteiger partial charge in [-0.15, -0.1) is 0 Å². The molecule has 2 aromatic carbocycles. The van der Waals surface area contributed by atoms with Gasteiger partial charge < -0.3 is 15.2 Å². The maximum Gasteiger partial charge on any atom is 0.416 e. The first-order valence-electron chi connectivity index (χ1n) is 11.3. The van der Waals surface area contributed by atoms with Gasteiger partial charge in [0.15, 0.2) is 0 Å². The first-order valence-corrected chi connectivity index (χ1v) is 11.3. The Morgan fingerprint density at radius 1 is 1.14 bits per heavy atom. The predicted molar refractivity (Wildman–Crippen MR) is 126 cm³/mol. The Kier molecular flexibility index (Phi) is 8.66. The molecule has 0 bridgehead atoms. The highest BCUT2D eigenvalue weighted by Gasteiger charge is 2.32. The largest absolute Gasteiger partial charge is 0.416 e. The lowest BCUT2D eigenvalue weighted by Gasteiger charge is -2.23. The molecule has 3 rings (SSSR count). The van der Waals surface area contributed by atoms with E-state index in [2.05, 4.69) is 21.7 Å². The number of benzene rings is 2. The fourth-order valence-electron chi connectivity index (χ4n) is 3.71. The molecule has 0 saturated heterocycles. The monoisotopic (exact) mass is 483 g/mol. The average molecular weight is 484 g/mol. The molecule has 0 aliphatic rings. The molecular formula is C26H28F3N5O. The molecule has 0 aliphatic carbocycles. The van der Waals surface area contributed by atoms with E-state index in [-0.39, 0.29) is 36.4 Å². The van der Waals surface area contributed by atoms with Gasteiger partial charge in [-0.05, 0) is 35.2 Å². The van der Waals surface area contributed by atoms with Gasteiger partial charge in [-0.25, -0.2) is 4.98 Å². The van der Waals surface area contributed by atoms with E-state index in [1.54, 1.807) is 30.7 Å². The normalized spacial score (nSPS) is 12.4. The maximum atomic E-state index is 13.2. The van der Waals surface area contributed by atoms with Crippen LogP contribution in [0.15, 0.2) is 61.1 Å². The number of alkyl halides is 3. The van der Waals surface area contributed by atoms with Crippen molar-refractivity contribution in [1.29, 1.82) is 5.26 Å². The molecule has 1 heterocycles. The molecule has 1 aromatic heterocycles. The van der Waals surface area contributed by atoms with Crippen molar-refractivity contribution in [2.24, 2.45) is 5.92 Å². The second kappa shape index (κ2) is 11.7. The second-order valence-corrected chi connectivity index (χ2v) is 8.70. The van der Waals surface area contributed by atoms with Crippen molar-refractivity contribution in [3.8, 4) is 6.07 Å². The third-order valence-electron chi connectivity index (χ3n) is 5.73. The molecule has 9 heteroatoms. The molecule has 35 heavy (non-hydrogen) atoms. The van der Waals surface area contributed by atoms with E-state index in [0.717, 1.165) is 17.3 Å². The van der Waals surface area contributed by atoms with E-state index in [1.807, 2.05) is 30.5 Å². The smallest absolute Gasteiger partial charge is 0.351 e. The summed E-state index contributed by atoms with van der Waals surface area (Å²) >= 11 is 0. The van der Waals surface area contributed by atoms with Gasteiger partial charge in [0.25, 0.3) is 0 Å². The van der Waals surface area contributed by atoms with E-state index in [9.17, 15) is 18.0 Å². The molecular weight excluding hydrogens is 455 g/mol. The number of nitrogens with zero attached hydrogens (tertiary/aromatic N) is 3. The molecule has 0 aliphatic heterocycles. The van der Waals surface area contributed by atoms with Crippen LogP contribution in [0.2, 0.25) is 0 Å². The van der Waals surface area contributed by atoms with Crippen molar-refractivity contribution in [3.63, 3.8) is 0 Å². The predicted octanol–water partition coefficient (Wildman–Crippen LogP) is 4.29. The minimum Gasteiger partial charge on any atom is -0.351 e. The minimum atomic E-state index is -4.41. The van der Waals surface area contributed by atoms with Crippen LogP contribution in [-0.4, -0.2) is 28.0 Å². The van der Waals surface area contributed by atoms with E-state index in [1.165, 1.54) is 12.1 Å². The number of nitrogens with one attached hydrogen (secondary N) is 2. The van der Waals surface area contributed by atoms with E-state index in [4.69, 9.17) is 5.26 Å². The maximum absolute atomic E-state index is 13.2. The van der Waals surface area contributed by atoms with Crippen molar-refractivity contribution in [2.45, 2.75) is 45.6 Å². The fraction of sp³-hybridized carbons (Fsp3) is 0.346. The molecule has 1 amide bonds. The van der Waals surface area contributed by atoms with Gasteiger partial charge in [0.2, 0.25) is 5.91 Å². The van der Waals surface area contributed by atoms with Gasteiger partial charge in [0, 0.05) is 37.6 Å². The first kappa shape index (κ1) is 26.0. The van der Waals surface area contributed by atoms with Crippen LogP contribution in [0.1, 0.15) is 41.8 Å². The molecule has 0 fully saturated rings. The number of amides is 1. The van der Waals surface area contributed by atoms with Gasteiger partial charge in [-0.2, -0.15) is 18.4 Å². The van der Waals surface area contributed by atoms with Crippen molar-refractivity contribution in [3.05, 3.63) is 89.0 Å². The number of imidazole rings is 1. The Morgan fingerprint density at radius 3 is 2.51 bits per heavy atom. The molecule has 6 nitrogen and oxygen atoms in total. The summed E-state index contributed by atoms with van der Waals surface area (Å²) in [6.45, 7) is 4.80. The number of halogens is 3. The zero-order valence-corrected chi connectivity index (χ0v) is 19.6. The van der Waals surface area contributed by atoms with Crippen LogP contribution in [0.3, 0.4) is 0 Å². The number of carbonyl (C=O) groups is 1. The summed E-state index contributed by atoms with van der Waals surface area (Å²) in [4.78, 5) is 16.9. The summed E-state index contributed by atoms with van der Waals surface area (Å²) in [6.07, 6.45) is -0.999. The lowest BCUT2D eigenvalue weighted by molar-refractivity contribution is -0.138. The van der Waals surface area contributed by atoms with Crippen LogP contribution in [-0.2, 0) is 30.5 Å². The quantitative estimate of drug-likeness (QED) is 0.451. The van der Waals surface area contributed by atoms with Crippen LogP contribution >= 0.6 is 0 Å². The zero-order valence-electron chi connectivity index (χ0n) is 19.6. The molecule has 2 N–H and O–H groups in total. The third-order valence-corrected chi connectivity index (χ3v) is 5.73. The van der Waals surface area contributed by atoms with Crippen LogP contribution < -0.4 is 10.6 Å². The van der Waals surface area contributed by atoms with Gasteiger partial charge in [0.05, 0.1) is 29.9 Å². The molecule has 0 saturated carbocycles. The standard InChI is InChI=1S/C26H28F3N5O/c1-18(2)24(15-31-13-21-5-3-4-6-23(21)26(27,28)29)33-25(35)11-22-14-32-17-34(22)16-20-9-7-19(12-30)8-10-20/h3-10,14,17-18,24,31H,11,13,15-16H2,1-2H3,(H,33,35)/t24-/m1/s1.